The van der Waals surface area contributed by atoms with Gasteiger partial charge in [-0.25, -0.2) is 4.98 Å². The van der Waals surface area contributed by atoms with E-state index in [0.717, 1.165) is 54.2 Å². The Kier molecular flexibility index (Phi) is 6.50. The summed E-state index contributed by atoms with van der Waals surface area (Å²) in [5.41, 5.74) is 2.30. The van der Waals surface area contributed by atoms with E-state index in [-0.39, 0.29) is 0 Å². The second-order valence-corrected chi connectivity index (χ2v) is 8.87. The predicted octanol–water partition coefficient (Wildman–Crippen LogP) is 5.59. The molecule has 1 aliphatic rings. The number of hydrogen-bond donors (Lipinski definition) is 0. The van der Waals surface area contributed by atoms with Crippen molar-refractivity contribution in [1.29, 1.82) is 0 Å². The van der Waals surface area contributed by atoms with E-state index in [4.69, 9.17) is 14.1 Å². The van der Waals surface area contributed by atoms with Gasteiger partial charge in [-0.2, -0.15) is 4.37 Å². The first-order valence-corrected chi connectivity index (χ1v) is 11.7. The van der Waals surface area contributed by atoms with E-state index >= 15 is 0 Å². The molecular formula is C23H32N4OS. The molecule has 2 heterocycles. The molecule has 0 bridgehead atoms. The van der Waals surface area contributed by atoms with E-state index in [1.807, 2.05) is 0 Å². The van der Waals surface area contributed by atoms with Gasteiger partial charge in [-0.1, -0.05) is 45.2 Å². The van der Waals surface area contributed by atoms with Crippen molar-refractivity contribution in [2.45, 2.75) is 59.0 Å². The Hall–Kier alpha value is -1.92. The quantitative estimate of drug-likeness (QED) is 0.484. The maximum atomic E-state index is 5.73. The van der Waals surface area contributed by atoms with Crippen LogP contribution in [0.15, 0.2) is 24.4 Å². The largest absolute Gasteiger partial charge is 0.495 e. The lowest BCUT2D eigenvalue weighted by Crippen LogP contribution is -2.21. The Balaban J connectivity index is 1.70. The van der Waals surface area contributed by atoms with Crippen LogP contribution in [0.1, 0.15) is 51.0 Å². The molecule has 156 valence electrons. The number of fused-ring (bicyclic) bond motifs is 1. The lowest BCUT2D eigenvalue weighted by Gasteiger charge is -2.22. The van der Waals surface area contributed by atoms with Gasteiger partial charge in [-0.15, -0.1) is 0 Å². The fourth-order valence-electron chi connectivity index (χ4n) is 4.53. The molecule has 0 saturated heterocycles. The normalized spacial score (nSPS) is 15.4. The second-order valence-electron chi connectivity index (χ2n) is 8.03. The van der Waals surface area contributed by atoms with Gasteiger partial charge in [0.2, 0.25) is 0 Å². The van der Waals surface area contributed by atoms with Gasteiger partial charge in [0.05, 0.1) is 19.2 Å². The van der Waals surface area contributed by atoms with Gasteiger partial charge < -0.3 is 9.30 Å². The predicted molar refractivity (Wildman–Crippen MR) is 121 cm³/mol. The number of benzene rings is 1. The minimum absolute atomic E-state index is 0.749. The zero-order valence-electron chi connectivity index (χ0n) is 17.9. The van der Waals surface area contributed by atoms with Crippen molar-refractivity contribution < 1.29 is 4.74 Å². The highest BCUT2D eigenvalue weighted by Gasteiger charge is 2.21. The maximum Gasteiger partial charge on any atom is 0.175 e. The number of hydrogen-bond acceptors (Lipinski definition) is 5. The Morgan fingerprint density at radius 3 is 2.69 bits per heavy atom. The molecule has 1 aliphatic carbocycles. The molecule has 6 heteroatoms. The average molecular weight is 413 g/mol. The van der Waals surface area contributed by atoms with E-state index in [9.17, 15) is 0 Å². The van der Waals surface area contributed by atoms with Crippen LogP contribution in [0.2, 0.25) is 0 Å². The Morgan fingerprint density at radius 2 is 1.97 bits per heavy atom. The third-order valence-electron chi connectivity index (χ3n) is 6.22. The van der Waals surface area contributed by atoms with Crippen LogP contribution in [-0.4, -0.2) is 39.0 Å². The molecule has 4 rings (SSSR count). The molecule has 1 saturated carbocycles. The van der Waals surface area contributed by atoms with Gasteiger partial charge in [-0.05, 0) is 49.4 Å². The third-order valence-corrected chi connectivity index (χ3v) is 6.92. The second kappa shape index (κ2) is 9.26. The molecule has 0 N–H and O–H groups in total. The van der Waals surface area contributed by atoms with Crippen LogP contribution in [0, 0.1) is 5.92 Å². The van der Waals surface area contributed by atoms with Crippen molar-refractivity contribution in [2.24, 2.45) is 5.92 Å². The highest BCUT2D eigenvalue weighted by Crippen LogP contribution is 2.36. The molecule has 0 amide bonds. The smallest absolute Gasteiger partial charge is 0.175 e. The van der Waals surface area contributed by atoms with Crippen LogP contribution >= 0.6 is 11.5 Å². The summed E-state index contributed by atoms with van der Waals surface area (Å²) >= 11 is 1.52. The lowest BCUT2D eigenvalue weighted by molar-refractivity contribution is 0.295. The number of methoxy groups -OCH3 is 1. The summed E-state index contributed by atoms with van der Waals surface area (Å²) in [5, 5.41) is 2.27. The van der Waals surface area contributed by atoms with E-state index < -0.39 is 0 Å². The number of rotatable bonds is 8. The SMILES string of the molecule is CCN(CC)Cc1nc(-c2cn(CC3CCCCC3)c3c(OC)cccc23)ns1. The van der Waals surface area contributed by atoms with Gasteiger partial charge in [0, 0.05) is 23.7 Å². The monoisotopic (exact) mass is 412 g/mol. The minimum atomic E-state index is 0.749. The summed E-state index contributed by atoms with van der Waals surface area (Å²) in [6.45, 7) is 8.36. The molecule has 5 nitrogen and oxygen atoms in total. The van der Waals surface area contributed by atoms with Gasteiger partial charge in [0.15, 0.2) is 5.82 Å². The van der Waals surface area contributed by atoms with E-state index in [0.29, 0.717) is 0 Å². The van der Waals surface area contributed by atoms with Gasteiger partial charge in [-0.3, -0.25) is 4.90 Å². The molecule has 0 spiro atoms. The van der Waals surface area contributed by atoms with Gasteiger partial charge in [0.1, 0.15) is 10.8 Å². The van der Waals surface area contributed by atoms with E-state index in [1.165, 1.54) is 54.5 Å². The zero-order chi connectivity index (χ0) is 20.2. The molecule has 0 radical (unpaired) electrons. The molecule has 1 fully saturated rings. The fourth-order valence-corrected chi connectivity index (χ4v) is 5.23. The van der Waals surface area contributed by atoms with Crippen molar-refractivity contribution in [2.75, 3.05) is 20.2 Å². The Labute approximate surface area is 177 Å². The molecule has 1 aromatic carbocycles. The van der Waals surface area contributed by atoms with Crippen LogP contribution in [-0.2, 0) is 13.1 Å². The lowest BCUT2D eigenvalue weighted by atomic mass is 9.89. The van der Waals surface area contributed by atoms with Crippen LogP contribution in [0.25, 0.3) is 22.3 Å². The summed E-state index contributed by atoms with van der Waals surface area (Å²) in [7, 11) is 1.76. The number of ether oxygens (including phenoxy) is 1. The first kappa shape index (κ1) is 20.4. The maximum absolute atomic E-state index is 5.73. The average Bonchev–Trinajstić information content (AvgIpc) is 3.37. The zero-order valence-corrected chi connectivity index (χ0v) is 18.7. The summed E-state index contributed by atoms with van der Waals surface area (Å²) < 4.78 is 12.8. The Bertz CT molecular complexity index is 938. The molecule has 0 unspecified atom stereocenters. The van der Waals surface area contributed by atoms with Crippen molar-refractivity contribution in [3.63, 3.8) is 0 Å². The topological polar surface area (TPSA) is 43.2 Å². The molecule has 0 atom stereocenters. The van der Waals surface area contributed by atoms with Crippen LogP contribution < -0.4 is 4.74 Å². The summed E-state index contributed by atoms with van der Waals surface area (Å²) in [4.78, 5) is 7.27. The molecule has 0 aliphatic heterocycles. The van der Waals surface area contributed by atoms with Crippen LogP contribution in [0.3, 0.4) is 0 Å². The fraction of sp³-hybridized carbons (Fsp3) is 0.565. The number of para-hydroxylation sites is 1. The first-order chi connectivity index (χ1) is 14.2. The number of aromatic nitrogens is 3. The highest BCUT2D eigenvalue weighted by atomic mass is 32.1. The first-order valence-electron chi connectivity index (χ1n) is 10.9. The van der Waals surface area contributed by atoms with Crippen LogP contribution in [0.5, 0.6) is 5.75 Å². The van der Waals surface area contributed by atoms with Gasteiger partial charge in [0.25, 0.3) is 0 Å². The van der Waals surface area contributed by atoms with E-state index in [1.54, 1.807) is 7.11 Å². The molecular weight excluding hydrogens is 380 g/mol. The van der Waals surface area contributed by atoms with Gasteiger partial charge >= 0.3 is 0 Å². The Morgan fingerprint density at radius 1 is 1.17 bits per heavy atom. The van der Waals surface area contributed by atoms with Crippen molar-refractivity contribution in [3.8, 4) is 17.1 Å². The molecule has 2 aromatic heterocycles. The molecule has 3 aromatic rings. The minimum Gasteiger partial charge on any atom is -0.495 e. The summed E-state index contributed by atoms with van der Waals surface area (Å²) in [6.07, 6.45) is 9.01. The van der Waals surface area contributed by atoms with E-state index in [2.05, 4.69) is 47.7 Å². The third kappa shape index (κ3) is 4.33. The summed E-state index contributed by atoms with van der Waals surface area (Å²) in [6, 6.07) is 6.30. The van der Waals surface area contributed by atoms with Crippen molar-refractivity contribution in [1.82, 2.24) is 18.8 Å². The molecule has 29 heavy (non-hydrogen) atoms. The highest BCUT2D eigenvalue weighted by molar-refractivity contribution is 7.05. The van der Waals surface area contributed by atoms with Crippen molar-refractivity contribution >= 4 is 22.4 Å². The van der Waals surface area contributed by atoms with Crippen LogP contribution in [0.4, 0.5) is 0 Å². The standard InChI is InChI=1S/C23H32N4OS/c1-4-26(5-2)16-21-24-23(25-29-21)19-15-27(14-17-10-7-6-8-11-17)22-18(19)12-9-13-20(22)28-3/h9,12-13,15,17H,4-8,10-11,14,16H2,1-3H3. The van der Waals surface area contributed by atoms with Crippen molar-refractivity contribution in [3.05, 3.63) is 29.4 Å². The number of nitrogens with zero attached hydrogens (tertiary/aromatic N) is 4. The summed E-state index contributed by atoms with van der Waals surface area (Å²) in [5.74, 6) is 2.53.